The van der Waals surface area contributed by atoms with Gasteiger partial charge < -0.3 is 9.73 Å². The molecule has 1 aliphatic rings. The fourth-order valence-corrected chi connectivity index (χ4v) is 1.76. The fraction of sp³-hybridized carbons (Fsp3) is 0.222. The number of carbonyl (C=O) groups excluding carboxylic acids is 1. The van der Waals surface area contributed by atoms with Crippen molar-refractivity contribution in [2.45, 2.75) is 12.2 Å². The minimum Gasteiger partial charge on any atom is -0.463 e. The zero-order chi connectivity index (χ0) is 10.7. The molecule has 1 fully saturated rings. The van der Waals surface area contributed by atoms with Crippen LogP contribution >= 0.6 is 11.8 Å². The number of carbonyl (C=O) groups is 1. The van der Waals surface area contributed by atoms with E-state index in [1.807, 2.05) is 6.92 Å². The second kappa shape index (κ2) is 4.31. The number of amidine groups is 1. The number of rotatable bonds is 2. The Kier molecular flexibility index (Phi) is 2.86. The molecule has 2 rings (SSSR count). The van der Waals surface area contributed by atoms with Gasteiger partial charge in [0.25, 0.3) is 0 Å². The number of amides is 1. The Hall–Kier alpha value is -1.56. The lowest BCUT2D eigenvalue weighted by Crippen LogP contribution is -2.23. The molecule has 1 unspecified atom stereocenters. The summed E-state index contributed by atoms with van der Waals surface area (Å²) in [5, 5.41) is 10.7. The van der Waals surface area contributed by atoms with Crippen molar-refractivity contribution in [2.75, 3.05) is 0 Å². The van der Waals surface area contributed by atoms with Crippen LogP contribution in [0, 0.1) is 0 Å². The average molecular weight is 223 g/mol. The normalized spacial score (nSPS) is 23.9. The highest BCUT2D eigenvalue weighted by Crippen LogP contribution is 2.18. The molecule has 0 bridgehead atoms. The van der Waals surface area contributed by atoms with Crippen molar-refractivity contribution >= 4 is 29.1 Å². The van der Waals surface area contributed by atoms with E-state index in [2.05, 4.69) is 15.5 Å². The van der Waals surface area contributed by atoms with Crippen LogP contribution < -0.4 is 5.32 Å². The zero-order valence-corrected chi connectivity index (χ0v) is 8.82. The summed E-state index contributed by atoms with van der Waals surface area (Å²) in [6.07, 6.45) is 3.05. The Morgan fingerprint density at radius 1 is 1.67 bits per heavy atom. The van der Waals surface area contributed by atoms with Crippen molar-refractivity contribution in [3.8, 4) is 0 Å². The van der Waals surface area contributed by atoms with Crippen LogP contribution in [0.25, 0.3) is 0 Å². The number of thioether (sulfide) groups is 1. The molecular formula is C9H9N3O2S. The van der Waals surface area contributed by atoms with Gasteiger partial charge in [0.2, 0.25) is 5.91 Å². The monoisotopic (exact) mass is 223 g/mol. The summed E-state index contributed by atoms with van der Waals surface area (Å²) in [4.78, 5) is 11.1. The zero-order valence-electron chi connectivity index (χ0n) is 8.01. The van der Waals surface area contributed by atoms with Crippen molar-refractivity contribution in [3.63, 3.8) is 0 Å². The minimum atomic E-state index is -0.0948. The second-order valence-electron chi connectivity index (χ2n) is 2.91. The molecule has 0 radical (unpaired) electrons. The van der Waals surface area contributed by atoms with Crippen LogP contribution in [0.4, 0.5) is 0 Å². The lowest BCUT2D eigenvalue weighted by molar-refractivity contribution is -0.118. The SMILES string of the molecule is CC1S/C(=N\N=C/c2ccco2)NC1=O. The lowest BCUT2D eigenvalue weighted by Gasteiger charge is -1.88. The summed E-state index contributed by atoms with van der Waals surface area (Å²) in [5.41, 5.74) is 0. The van der Waals surface area contributed by atoms with Crippen molar-refractivity contribution in [1.29, 1.82) is 0 Å². The summed E-state index contributed by atoms with van der Waals surface area (Å²) >= 11 is 1.36. The molecule has 1 saturated heterocycles. The molecule has 1 aromatic rings. The maximum atomic E-state index is 11.1. The van der Waals surface area contributed by atoms with Gasteiger partial charge in [0.1, 0.15) is 5.76 Å². The molecule has 0 aliphatic carbocycles. The van der Waals surface area contributed by atoms with Crippen LogP contribution in [0.2, 0.25) is 0 Å². The molecule has 5 nitrogen and oxygen atoms in total. The molecule has 1 atom stereocenters. The Bertz CT molecular complexity index is 411. The van der Waals surface area contributed by atoms with E-state index in [-0.39, 0.29) is 11.2 Å². The lowest BCUT2D eigenvalue weighted by atomic mass is 10.4. The summed E-state index contributed by atoms with van der Waals surface area (Å²) in [5.74, 6) is 0.591. The van der Waals surface area contributed by atoms with E-state index in [0.29, 0.717) is 10.9 Å². The van der Waals surface area contributed by atoms with Gasteiger partial charge in [-0.25, -0.2) is 0 Å². The molecule has 1 N–H and O–H groups in total. The summed E-state index contributed by atoms with van der Waals surface area (Å²) in [6, 6.07) is 3.54. The Labute approximate surface area is 90.6 Å². The van der Waals surface area contributed by atoms with Gasteiger partial charge >= 0.3 is 0 Å². The van der Waals surface area contributed by atoms with Gasteiger partial charge in [-0.2, -0.15) is 5.10 Å². The maximum Gasteiger partial charge on any atom is 0.239 e. The summed E-state index contributed by atoms with van der Waals surface area (Å²) in [6.45, 7) is 1.82. The number of nitrogens with one attached hydrogen (secondary N) is 1. The third-order valence-electron chi connectivity index (χ3n) is 1.76. The van der Waals surface area contributed by atoms with Crippen LogP contribution in [0.15, 0.2) is 33.0 Å². The van der Waals surface area contributed by atoms with Gasteiger partial charge in [-0.3, -0.25) is 4.79 Å². The predicted molar refractivity (Wildman–Crippen MR) is 58.9 cm³/mol. The van der Waals surface area contributed by atoms with Crippen LogP contribution in [-0.4, -0.2) is 22.5 Å². The summed E-state index contributed by atoms with van der Waals surface area (Å²) in [7, 11) is 0. The predicted octanol–water partition coefficient (Wildman–Crippen LogP) is 1.22. The van der Waals surface area contributed by atoms with E-state index < -0.39 is 0 Å². The first kappa shape index (κ1) is 9.97. The Morgan fingerprint density at radius 2 is 2.53 bits per heavy atom. The molecule has 0 saturated carbocycles. The van der Waals surface area contributed by atoms with Gasteiger partial charge in [-0.1, -0.05) is 11.8 Å². The first-order chi connectivity index (χ1) is 7.25. The number of hydrogen-bond acceptors (Lipinski definition) is 5. The van der Waals surface area contributed by atoms with E-state index in [0.717, 1.165) is 0 Å². The topological polar surface area (TPSA) is 67.0 Å². The van der Waals surface area contributed by atoms with Gasteiger partial charge in [-0.05, 0) is 19.1 Å². The highest BCUT2D eigenvalue weighted by atomic mass is 32.2. The smallest absolute Gasteiger partial charge is 0.239 e. The number of hydrogen-bond donors (Lipinski definition) is 1. The fourth-order valence-electron chi connectivity index (χ4n) is 1.01. The van der Waals surface area contributed by atoms with Gasteiger partial charge in [-0.15, -0.1) is 5.10 Å². The summed E-state index contributed by atoms with van der Waals surface area (Å²) < 4.78 is 5.03. The van der Waals surface area contributed by atoms with Crippen molar-refractivity contribution in [3.05, 3.63) is 24.2 Å². The molecule has 15 heavy (non-hydrogen) atoms. The third-order valence-corrected chi connectivity index (χ3v) is 2.74. The van der Waals surface area contributed by atoms with Gasteiger partial charge in [0.15, 0.2) is 5.17 Å². The molecule has 1 amide bonds. The first-order valence-corrected chi connectivity index (χ1v) is 5.26. The maximum absolute atomic E-state index is 11.1. The van der Waals surface area contributed by atoms with Crippen LogP contribution in [0.5, 0.6) is 0 Å². The van der Waals surface area contributed by atoms with E-state index in [1.54, 1.807) is 18.4 Å². The molecule has 0 aromatic carbocycles. The average Bonchev–Trinajstić information content (AvgIpc) is 2.79. The molecule has 1 aromatic heterocycles. The second-order valence-corrected chi connectivity index (χ2v) is 4.24. The van der Waals surface area contributed by atoms with E-state index in [1.165, 1.54) is 18.0 Å². The molecule has 0 spiro atoms. The number of nitrogens with zero attached hydrogens (tertiary/aromatic N) is 2. The highest BCUT2D eigenvalue weighted by Gasteiger charge is 2.25. The molecular weight excluding hydrogens is 214 g/mol. The van der Waals surface area contributed by atoms with Crippen LogP contribution in [0.3, 0.4) is 0 Å². The largest absolute Gasteiger partial charge is 0.463 e. The number of furan rings is 1. The minimum absolute atomic E-state index is 0.0352. The first-order valence-electron chi connectivity index (χ1n) is 4.38. The highest BCUT2D eigenvalue weighted by molar-refractivity contribution is 8.15. The van der Waals surface area contributed by atoms with Gasteiger partial charge in [0, 0.05) is 0 Å². The van der Waals surface area contributed by atoms with Crippen LogP contribution in [0.1, 0.15) is 12.7 Å². The van der Waals surface area contributed by atoms with Gasteiger partial charge in [0.05, 0.1) is 17.7 Å². The van der Waals surface area contributed by atoms with E-state index in [4.69, 9.17) is 4.42 Å². The standard InChI is InChI=1S/C9H9N3O2S/c1-6-8(13)11-9(15-6)12-10-5-7-3-2-4-14-7/h2-6H,1H3,(H,11,12,13)/b10-5-. The Morgan fingerprint density at radius 3 is 3.13 bits per heavy atom. The molecule has 6 heteroatoms. The molecule has 1 aliphatic heterocycles. The van der Waals surface area contributed by atoms with E-state index >= 15 is 0 Å². The van der Waals surface area contributed by atoms with Crippen LogP contribution in [-0.2, 0) is 4.79 Å². The Balaban J connectivity index is 1.98. The quantitative estimate of drug-likeness (QED) is 0.605. The van der Waals surface area contributed by atoms with Crippen molar-refractivity contribution < 1.29 is 9.21 Å². The molecule has 78 valence electrons. The van der Waals surface area contributed by atoms with E-state index in [9.17, 15) is 4.79 Å². The van der Waals surface area contributed by atoms with Crippen molar-refractivity contribution in [2.24, 2.45) is 10.2 Å². The molecule has 2 heterocycles. The third kappa shape index (κ3) is 2.47. The van der Waals surface area contributed by atoms with Crippen molar-refractivity contribution in [1.82, 2.24) is 5.32 Å².